The van der Waals surface area contributed by atoms with Gasteiger partial charge < -0.3 is 15.6 Å². The summed E-state index contributed by atoms with van der Waals surface area (Å²) in [7, 11) is 0. The zero-order valence-electron chi connectivity index (χ0n) is 20.5. The zero-order chi connectivity index (χ0) is 25.2. The summed E-state index contributed by atoms with van der Waals surface area (Å²) in [5.74, 6) is 1.05. The zero-order valence-corrected chi connectivity index (χ0v) is 21.3. The number of hydrogen-bond acceptors (Lipinski definition) is 6. The molecule has 0 unspecified atom stereocenters. The van der Waals surface area contributed by atoms with Gasteiger partial charge in [-0.15, -0.1) is 0 Å². The fourth-order valence-electron chi connectivity index (χ4n) is 5.45. The largest absolute Gasteiger partial charge is 0.367 e. The van der Waals surface area contributed by atoms with Crippen LogP contribution >= 0.6 is 11.6 Å². The lowest BCUT2D eigenvalue weighted by atomic mass is 9.90. The Morgan fingerprint density at radius 1 is 1.08 bits per heavy atom. The Labute approximate surface area is 220 Å². The van der Waals surface area contributed by atoms with Crippen LogP contribution in [0, 0.1) is 5.92 Å². The lowest BCUT2D eigenvalue weighted by Gasteiger charge is -2.39. The molecule has 37 heavy (non-hydrogen) atoms. The van der Waals surface area contributed by atoms with Crippen molar-refractivity contribution in [2.45, 2.75) is 44.3 Å². The number of aromatic nitrogens is 4. The van der Waals surface area contributed by atoms with Crippen molar-refractivity contribution in [1.29, 1.82) is 0 Å². The van der Waals surface area contributed by atoms with E-state index < -0.39 is 0 Å². The summed E-state index contributed by atoms with van der Waals surface area (Å²) in [6.45, 7) is 2.48. The molecule has 0 aromatic carbocycles. The third-order valence-corrected chi connectivity index (χ3v) is 7.63. The Balaban J connectivity index is 0.994. The van der Waals surface area contributed by atoms with Gasteiger partial charge in [-0.1, -0.05) is 17.7 Å². The number of fused-ring (bicyclic) bond motifs is 1. The summed E-state index contributed by atoms with van der Waals surface area (Å²) in [5, 5.41) is 8.38. The Morgan fingerprint density at radius 3 is 2.70 bits per heavy atom. The van der Waals surface area contributed by atoms with Gasteiger partial charge in [0.1, 0.15) is 16.6 Å². The number of pyridine rings is 3. The number of aromatic amines is 1. The maximum atomic E-state index is 12.7. The monoisotopic (exact) mass is 515 g/mol. The van der Waals surface area contributed by atoms with Crippen molar-refractivity contribution in [2.75, 3.05) is 18.4 Å². The molecule has 1 saturated heterocycles. The fourth-order valence-corrected chi connectivity index (χ4v) is 5.65. The number of likely N-dealkylation sites (tertiary alicyclic amines) is 1. The molecule has 1 aliphatic carbocycles. The van der Waals surface area contributed by atoms with Crippen molar-refractivity contribution >= 4 is 34.4 Å². The Kier molecular flexibility index (Phi) is 6.76. The van der Waals surface area contributed by atoms with Crippen molar-refractivity contribution in [3.05, 3.63) is 71.9 Å². The van der Waals surface area contributed by atoms with Gasteiger partial charge in [-0.25, -0.2) is 9.97 Å². The maximum absolute atomic E-state index is 12.7. The minimum atomic E-state index is 0.0845. The number of nitrogens with zero attached hydrogens (tertiary/aromatic N) is 4. The number of rotatable bonds is 7. The van der Waals surface area contributed by atoms with E-state index in [1.54, 1.807) is 12.4 Å². The van der Waals surface area contributed by atoms with Gasteiger partial charge in [0.25, 0.3) is 0 Å². The van der Waals surface area contributed by atoms with Gasteiger partial charge in [0.2, 0.25) is 5.91 Å². The Bertz CT molecular complexity index is 1380. The number of amides is 1. The normalized spacial score (nSPS) is 20.5. The molecule has 0 spiro atoms. The number of anilines is 1. The molecule has 0 bridgehead atoms. The molecule has 2 aliphatic rings. The van der Waals surface area contributed by atoms with Crippen LogP contribution in [0.1, 0.15) is 31.2 Å². The highest BCUT2D eigenvalue weighted by Crippen LogP contribution is 2.31. The minimum Gasteiger partial charge on any atom is -0.367 e. The van der Waals surface area contributed by atoms with Crippen LogP contribution in [0.2, 0.25) is 5.15 Å². The average Bonchev–Trinajstić information content (AvgIpc) is 3.32. The number of carbonyl (C=O) groups excluding carboxylic acids is 1. The average molecular weight is 516 g/mol. The Hall–Kier alpha value is -3.49. The highest BCUT2D eigenvalue weighted by molar-refractivity contribution is 6.29. The number of carbonyl (C=O) groups is 1. The highest BCUT2D eigenvalue weighted by atomic mass is 35.5. The molecule has 0 atom stereocenters. The van der Waals surface area contributed by atoms with Crippen LogP contribution < -0.4 is 10.6 Å². The number of H-pyrrole nitrogens is 1. The first kappa shape index (κ1) is 23.9. The van der Waals surface area contributed by atoms with Crippen LogP contribution in [-0.2, 0) is 11.3 Å². The molecule has 0 radical (unpaired) electrons. The van der Waals surface area contributed by atoms with Crippen molar-refractivity contribution in [3.63, 3.8) is 0 Å². The lowest BCUT2D eigenvalue weighted by molar-refractivity contribution is -0.131. The smallest absolute Gasteiger partial charge is 0.225 e. The molecule has 9 heteroatoms. The first-order valence-corrected chi connectivity index (χ1v) is 13.3. The van der Waals surface area contributed by atoms with Gasteiger partial charge in [0.05, 0.1) is 5.92 Å². The maximum Gasteiger partial charge on any atom is 0.225 e. The summed E-state index contributed by atoms with van der Waals surface area (Å²) < 4.78 is 0. The Morgan fingerprint density at radius 2 is 1.89 bits per heavy atom. The predicted molar refractivity (Wildman–Crippen MR) is 145 cm³/mol. The minimum absolute atomic E-state index is 0.0845. The third-order valence-electron chi connectivity index (χ3n) is 7.44. The van der Waals surface area contributed by atoms with Crippen molar-refractivity contribution in [3.8, 4) is 11.1 Å². The van der Waals surface area contributed by atoms with E-state index in [0.29, 0.717) is 11.2 Å². The van der Waals surface area contributed by atoms with Crippen molar-refractivity contribution in [1.82, 2.24) is 30.2 Å². The van der Waals surface area contributed by atoms with Gasteiger partial charge in [-0.05, 0) is 67.1 Å². The van der Waals surface area contributed by atoms with E-state index in [0.717, 1.165) is 73.3 Å². The lowest BCUT2D eigenvalue weighted by Crippen LogP contribution is -2.55. The van der Waals surface area contributed by atoms with Gasteiger partial charge in [0, 0.05) is 67.5 Å². The standard InChI is InChI=1S/C28H30ClN7O/c29-25-11-19(24-14-32-27-23(24)4-2-10-31-27)12-26(35-25)33-21-5-7-22(8-6-21)34-28(37)20-16-36(17-20)15-18-3-1-9-30-13-18/h1-4,9-14,20-22H,5-8,15-17H2,(H,31,32)(H,33,35)(H,34,37)/t21-,22-. The van der Waals surface area contributed by atoms with E-state index in [2.05, 4.69) is 41.5 Å². The summed E-state index contributed by atoms with van der Waals surface area (Å²) in [6.07, 6.45) is 11.3. The molecule has 5 heterocycles. The summed E-state index contributed by atoms with van der Waals surface area (Å²) in [5.41, 5.74) is 4.09. The number of halogens is 1. The van der Waals surface area contributed by atoms with E-state index in [-0.39, 0.29) is 17.9 Å². The molecule has 190 valence electrons. The van der Waals surface area contributed by atoms with E-state index >= 15 is 0 Å². The van der Waals surface area contributed by atoms with E-state index in [4.69, 9.17) is 11.6 Å². The molecule has 1 aliphatic heterocycles. The van der Waals surface area contributed by atoms with Crippen LogP contribution in [0.25, 0.3) is 22.2 Å². The second-order valence-electron chi connectivity index (χ2n) is 10.1. The second-order valence-corrected chi connectivity index (χ2v) is 10.5. The topological polar surface area (TPSA) is 98.8 Å². The second kappa shape index (κ2) is 10.5. The predicted octanol–water partition coefficient (Wildman–Crippen LogP) is 4.64. The molecular formula is C28H30ClN7O. The quantitative estimate of drug-likeness (QED) is 0.310. The summed E-state index contributed by atoms with van der Waals surface area (Å²) in [4.78, 5) is 31.3. The van der Waals surface area contributed by atoms with E-state index in [1.807, 2.05) is 42.7 Å². The van der Waals surface area contributed by atoms with E-state index in [1.165, 1.54) is 5.56 Å². The molecular weight excluding hydrogens is 486 g/mol. The van der Waals surface area contributed by atoms with Crippen molar-refractivity contribution in [2.24, 2.45) is 5.92 Å². The van der Waals surface area contributed by atoms with Crippen molar-refractivity contribution < 1.29 is 4.79 Å². The molecule has 4 aromatic heterocycles. The molecule has 3 N–H and O–H groups in total. The van der Waals surface area contributed by atoms with Gasteiger partial charge in [-0.3, -0.25) is 14.7 Å². The van der Waals surface area contributed by atoms with Crippen LogP contribution in [0.3, 0.4) is 0 Å². The molecule has 2 fully saturated rings. The van der Waals surface area contributed by atoms with Crippen LogP contribution in [0.4, 0.5) is 5.82 Å². The first-order valence-electron chi connectivity index (χ1n) is 12.9. The van der Waals surface area contributed by atoms with E-state index in [9.17, 15) is 4.79 Å². The van der Waals surface area contributed by atoms with Crippen LogP contribution in [0.5, 0.6) is 0 Å². The molecule has 4 aromatic rings. The number of nitrogens with one attached hydrogen (secondary N) is 3. The summed E-state index contributed by atoms with van der Waals surface area (Å²) >= 11 is 6.39. The third kappa shape index (κ3) is 5.45. The molecule has 1 amide bonds. The fraction of sp³-hybridized carbons (Fsp3) is 0.357. The molecule has 8 nitrogen and oxygen atoms in total. The van der Waals surface area contributed by atoms with Gasteiger partial charge in [0.15, 0.2) is 0 Å². The molecule has 1 saturated carbocycles. The van der Waals surface area contributed by atoms with Gasteiger partial charge >= 0.3 is 0 Å². The van der Waals surface area contributed by atoms with Gasteiger partial charge in [-0.2, -0.15) is 0 Å². The first-order chi connectivity index (χ1) is 18.1. The van der Waals surface area contributed by atoms with Crippen LogP contribution in [-0.4, -0.2) is 55.9 Å². The molecule has 6 rings (SSSR count). The number of hydrogen-bond donors (Lipinski definition) is 3. The summed E-state index contributed by atoms with van der Waals surface area (Å²) in [6, 6.07) is 12.5. The highest BCUT2D eigenvalue weighted by Gasteiger charge is 2.34. The van der Waals surface area contributed by atoms with Crippen LogP contribution in [0.15, 0.2) is 61.2 Å². The SMILES string of the molecule is O=C(N[C@H]1CC[C@H](Nc2cc(-c3c[nH]c4ncccc34)cc(Cl)n2)CC1)C1CN(Cc2cccnc2)C1.